The van der Waals surface area contributed by atoms with Gasteiger partial charge in [-0.3, -0.25) is 14.4 Å². The molecule has 2 bridgehead atoms. The Morgan fingerprint density at radius 2 is 1.76 bits per heavy atom. The maximum Gasteiger partial charge on any atom is 0.328 e. The minimum absolute atomic E-state index is 0.0648. The number of nitrogens with one attached hydrogen (secondary N) is 2. The molecule has 9 heteroatoms. The van der Waals surface area contributed by atoms with E-state index in [2.05, 4.69) is 31.4 Å². The fourth-order valence-corrected chi connectivity index (χ4v) is 4.83. The van der Waals surface area contributed by atoms with Crippen molar-refractivity contribution in [2.45, 2.75) is 84.5 Å². The zero-order chi connectivity index (χ0) is 22.1. The van der Waals surface area contributed by atoms with Crippen LogP contribution in [0.4, 0.5) is 0 Å². The molecular weight excluding hydrogens is 378 g/mol. The van der Waals surface area contributed by atoms with Crippen molar-refractivity contribution >= 4 is 23.8 Å². The monoisotopic (exact) mass is 411 g/mol. The van der Waals surface area contributed by atoms with E-state index in [0.717, 1.165) is 19.3 Å². The van der Waals surface area contributed by atoms with E-state index in [1.54, 1.807) is 0 Å². The lowest BCUT2D eigenvalue weighted by Crippen LogP contribution is -2.55. The highest BCUT2D eigenvalue weighted by molar-refractivity contribution is 5.93. The number of hydrogen-bond donors (Lipinski definition) is 4. The first kappa shape index (κ1) is 23.1. The number of carbonyl (C=O) groups is 4. The number of carbonyl (C=O) groups excluding carboxylic acids is 3. The Bertz CT molecular complexity index is 687. The molecule has 0 aromatic carbocycles. The summed E-state index contributed by atoms with van der Waals surface area (Å²) in [5.74, 6) is -2.76. The molecule has 0 aromatic rings. The van der Waals surface area contributed by atoms with Crippen LogP contribution in [0, 0.1) is 16.7 Å². The molecule has 0 aromatic heterocycles. The van der Waals surface area contributed by atoms with Gasteiger partial charge in [0.1, 0.15) is 18.2 Å². The molecule has 2 aliphatic carbocycles. The summed E-state index contributed by atoms with van der Waals surface area (Å²) >= 11 is 0. The average molecular weight is 411 g/mol. The van der Waals surface area contributed by atoms with Crippen LogP contribution in [0.1, 0.15) is 60.3 Å². The summed E-state index contributed by atoms with van der Waals surface area (Å²) in [6, 6.07) is -3.22. The molecule has 0 heterocycles. The second-order valence-corrected chi connectivity index (χ2v) is 9.41. The van der Waals surface area contributed by atoms with Crippen LogP contribution in [0.25, 0.3) is 0 Å². The molecular formula is C20H33N3O6. The number of aliphatic carboxylic acids is 1. The molecule has 6 atom stereocenters. The first-order chi connectivity index (χ1) is 13.3. The smallest absolute Gasteiger partial charge is 0.328 e. The molecule has 2 saturated carbocycles. The quantitative estimate of drug-likeness (QED) is 0.426. The number of carboxylic acid groups (broad SMARTS) is 1. The molecule has 29 heavy (non-hydrogen) atoms. The largest absolute Gasteiger partial charge is 0.481 e. The van der Waals surface area contributed by atoms with Crippen LogP contribution in [-0.2, 0) is 23.9 Å². The van der Waals surface area contributed by atoms with Crippen molar-refractivity contribution in [3.63, 3.8) is 0 Å². The molecule has 2 amide bonds. The highest BCUT2D eigenvalue weighted by Crippen LogP contribution is 2.63. The first-order valence-electron chi connectivity index (χ1n) is 10.1. The van der Waals surface area contributed by atoms with Crippen LogP contribution in [-0.4, -0.2) is 53.1 Å². The molecule has 0 radical (unpaired) electrons. The standard InChI is InChI=1S/C20H33N3O6/c1-10(21)15(26)23-13(8-14(24)25)16(27)22-11(2)17(28)29-18-19(3,4)12-6-7-20(18,5)9-12/h10-13,18H,6-9,21H2,1-5H3,(H,22,27)(H,23,26)(H,24,25)/t10-,11-,12+,13+,18+,20-/m1/s1. The van der Waals surface area contributed by atoms with Gasteiger partial charge in [0, 0.05) is 10.8 Å². The van der Waals surface area contributed by atoms with Gasteiger partial charge in [0.05, 0.1) is 12.5 Å². The minimum Gasteiger partial charge on any atom is -0.481 e. The fourth-order valence-electron chi connectivity index (χ4n) is 4.83. The molecule has 0 saturated heterocycles. The minimum atomic E-state index is -1.34. The molecule has 2 aliphatic rings. The maximum atomic E-state index is 12.7. The van der Waals surface area contributed by atoms with Crippen molar-refractivity contribution in [2.75, 3.05) is 0 Å². The number of amides is 2. The Morgan fingerprint density at radius 1 is 1.14 bits per heavy atom. The number of carboxylic acids is 1. The Kier molecular flexibility index (Phi) is 6.61. The van der Waals surface area contributed by atoms with Crippen LogP contribution in [0.15, 0.2) is 0 Å². The Morgan fingerprint density at radius 3 is 2.24 bits per heavy atom. The third-order valence-electron chi connectivity index (χ3n) is 6.51. The zero-order valence-corrected chi connectivity index (χ0v) is 17.8. The van der Waals surface area contributed by atoms with E-state index in [9.17, 15) is 19.2 Å². The van der Waals surface area contributed by atoms with E-state index >= 15 is 0 Å². The first-order valence-corrected chi connectivity index (χ1v) is 10.1. The van der Waals surface area contributed by atoms with Gasteiger partial charge in [-0.25, -0.2) is 4.79 Å². The van der Waals surface area contributed by atoms with Gasteiger partial charge in [0.15, 0.2) is 0 Å². The number of ether oxygens (including phenoxy) is 1. The Hall–Kier alpha value is -2.16. The summed E-state index contributed by atoms with van der Waals surface area (Å²) < 4.78 is 5.83. The van der Waals surface area contributed by atoms with E-state index < -0.39 is 48.3 Å². The lowest BCUT2D eigenvalue weighted by molar-refractivity contribution is -0.167. The van der Waals surface area contributed by atoms with E-state index in [1.165, 1.54) is 13.8 Å². The van der Waals surface area contributed by atoms with Gasteiger partial charge in [-0.15, -0.1) is 0 Å². The number of esters is 1. The molecule has 9 nitrogen and oxygen atoms in total. The number of hydrogen-bond acceptors (Lipinski definition) is 6. The second kappa shape index (κ2) is 8.30. The number of fused-ring (bicyclic) bond motifs is 2. The van der Waals surface area contributed by atoms with E-state index in [-0.39, 0.29) is 16.9 Å². The van der Waals surface area contributed by atoms with Crippen molar-refractivity contribution < 1.29 is 29.0 Å². The van der Waals surface area contributed by atoms with Crippen molar-refractivity contribution in [3.05, 3.63) is 0 Å². The van der Waals surface area contributed by atoms with Crippen molar-refractivity contribution in [3.8, 4) is 0 Å². The molecule has 0 unspecified atom stereocenters. The predicted molar refractivity (Wildman–Crippen MR) is 105 cm³/mol. The highest BCUT2D eigenvalue weighted by atomic mass is 16.5. The number of nitrogens with two attached hydrogens (primary N) is 1. The highest BCUT2D eigenvalue weighted by Gasteiger charge is 2.61. The van der Waals surface area contributed by atoms with Crippen LogP contribution in [0.3, 0.4) is 0 Å². The average Bonchev–Trinajstić information content (AvgIpc) is 3.08. The van der Waals surface area contributed by atoms with Crippen LogP contribution >= 0.6 is 0 Å². The Labute approximate surface area is 171 Å². The number of rotatable bonds is 8. The van der Waals surface area contributed by atoms with Crippen molar-refractivity contribution in [2.24, 2.45) is 22.5 Å². The van der Waals surface area contributed by atoms with Gasteiger partial charge < -0.3 is 26.2 Å². The third-order valence-corrected chi connectivity index (χ3v) is 6.51. The van der Waals surface area contributed by atoms with Gasteiger partial charge in [-0.05, 0) is 39.0 Å². The van der Waals surface area contributed by atoms with Gasteiger partial charge in [0.2, 0.25) is 11.8 Å². The third kappa shape index (κ3) is 4.88. The molecule has 0 aliphatic heterocycles. The summed E-state index contributed by atoms with van der Waals surface area (Å²) in [7, 11) is 0. The van der Waals surface area contributed by atoms with Crippen molar-refractivity contribution in [1.82, 2.24) is 10.6 Å². The van der Waals surface area contributed by atoms with Gasteiger partial charge in [-0.2, -0.15) is 0 Å². The van der Waals surface area contributed by atoms with Gasteiger partial charge in [-0.1, -0.05) is 20.8 Å². The summed E-state index contributed by atoms with van der Waals surface area (Å²) in [4.78, 5) is 47.9. The van der Waals surface area contributed by atoms with Crippen LogP contribution in [0.2, 0.25) is 0 Å². The van der Waals surface area contributed by atoms with Gasteiger partial charge in [0.25, 0.3) is 0 Å². The van der Waals surface area contributed by atoms with Crippen molar-refractivity contribution in [1.29, 1.82) is 0 Å². The lowest BCUT2D eigenvalue weighted by atomic mass is 9.70. The predicted octanol–water partition coefficient (Wildman–Crippen LogP) is 0.556. The molecule has 2 fully saturated rings. The van der Waals surface area contributed by atoms with E-state index in [0.29, 0.717) is 5.92 Å². The summed E-state index contributed by atoms with van der Waals surface area (Å²) in [5.41, 5.74) is 5.26. The van der Waals surface area contributed by atoms with E-state index in [1.807, 2.05) is 0 Å². The normalized spacial score (nSPS) is 30.1. The molecule has 164 valence electrons. The summed E-state index contributed by atoms with van der Waals surface area (Å²) in [6.07, 6.45) is 2.28. The lowest BCUT2D eigenvalue weighted by Gasteiger charge is -2.42. The Balaban J connectivity index is 2.00. The maximum absolute atomic E-state index is 12.7. The van der Waals surface area contributed by atoms with Crippen LogP contribution < -0.4 is 16.4 Å². The SMILES string of the molecule is C[C@@H](N)C(=O)N[C@@H](CC(=O)O)C(=O)N[C@H](C)C(=O)O[C@H]1C(C)(C)[C@H]2CC[C@]1(C)C2. The van der Waals surface area contributed by atoms with E-state index in [4.69, 9.17) is 15.6 Å². The summed E-state index contributed by atoms with van der Waals surface area (Å²) in [5, 5.41) is 13.8. The second-order valence-electron chi connectivity index (χ2n) is 9.41. The van der Waals surface area contributed by atoms with Crippen LogP contribution in [0.5, 0.6) is 0 Å². The molecule has 0 spiro atoms. The van der Waals surface area contributed by atoms with Gasteiger partial charge >= 0.3 is 11.9 Å². The zero-order valence-electron chi connectivity index (χ0n) is 17.8. The summed E-state index contributed by atoms with van der Waals surface area (Å²) in [6.45, 7) is 9.25. The molecule has 5 N–H and O–H groups in total. The molecule has 2 rings (SSSR count). The fraction of sp³-hybridized carbons (Fsp3) is 0.800. The topological polar surface area (TPSA) is 148 Å².